The maximum atomic E-state index is 11.7. The third kappa shape index (κ3) is 1.98. The second-order valence-electron chi connectivity index (χ2n) is 6.24. The van der Waals surface area contributed by atoms with Crippen molar-refractivity contribution in [2.75, 3.05) is 0 Å². The van der Waals surface area contributed by atoms with Crippen molar-refractivity contribution in [3.8, 4) is 0 Å². The maximum absolute atomic E-state index is 11.7. The van der Waals surface area contributed by atoms with E-state index in [2.05, 4.69) is 0 Å². The van der Waals surface area contributed by atoms with Crippen molar-refractivity contribution in [1.29, 1.82) is 0 Å². The van der Waals surface area contributed by atoms with Crippen molar-refractivity contribution < 1.29 is 14.0 Å². The summed E-state index contributed by atoms with van der Waals surface area (Å²) in [5, 5.41) is 12.6. The first-order valence-electron chi connectivity index (χ1n) is 6.78. The fraction of sp³-hybridized carbons (Fsp3) is 0.400. The van der Waals surface area contributed by atoms with Gasteiger partial charge in [0.15, 0.2) is 6.20 Å². The quantitative estimate of drug-likeness (QED) is 0.451. The normalized spacial score (nSPS) is 20.5. The van der Waals surface area contributed by atoms with Crippen LogP contribution in [0.25, 0.3) is 10.9 Å². The summed E-state index contributed by atoms with van der Waals surface area (Å²) >= 11 is 0. The van der Waals surface area contributed by atoms with Gasteiger partial charge in [-0.25, -0.2) is 0 Å². The van der Waals surface area contributed by atoms with Gasteiger partial charge in [0.05, 0.1) is 11.2 Å². The zero-order valence-corrected chi connectivity index (χ0v) is 12.2. The van der Waals surface area contributed by atoms with Crippen LogP contribution in [0.5, 0.6) is 0 Å². The number of benzene rings is 1. The van der Waals surface area contributed by atoms with Crippen LogP contribution in [0.2, 0.25) is 0 Å². The number of hydrogen-bond donors (Lipinski definition) is 0. The molecule has 3 rings (SSSR count). The Kier molecular flexibility index (Phi) is 2.82. The van der Waals surface area contributed by atoms with Gasteiger partial charge >= 0.3 is 7.12 Å². The van der Waals surface area contributed by atoms with Crippen molar-refractivity contribution >= 4 is 23.5 Å². The first-order chi connectivity index (χ1) is 9.30. The van der Waals surface area contributed by atoms with E-state index >= 15 is 0 Å². The van der Waals surface area contributed by atoms with E-state index in [1.54, 1.807) is 6.07 Å². The first kappa shape index (κ1) is 13.4. The molecule has 1 aliphatic rings. The molecular weight excluding hydrogens is 253 g/mol. The lowest BCUT2D eigenvalue weighted by molar-refractivity contribution is -0.577. The highest BCUT2D eigenvalue weighted by atomic mass is 16.7. The van der Waals surface area contributed by atoms with Gasteiger partial charge in [-0.1, -0.05) is 6.07 Å². The fourth-order valence-electron chi connectivity index (χ4n) is 2.34. The van der Waals surface area contributed by atoms with E-state index in [0.29, 0.717) is 5.52 Å². The van der Waals surface area contributed by atoms with Gasteiger partial charge in [0.2, 0.25) is 5.52 Å². The molecule has 2 heterocycles. The van der Waals surface area contributed by atoms with Crippen molar-refractivity contribution in [2.24, 2.45) is 0 Å². The predicted molar refractivity (Wildman–Crippen MR) is 78.6 cm³/mol. The zero-order valence-electron chi connectivity index (χ0n) is 12.2. The molecule has 0 saturated carbocycles. The molecule has 0 atom stereocenters. The number of hydrogen-bond acceptors (Lipinski definition) is 3. The molecule has 1 saturated heterocycles. The summed E-state index contributed by atoms with van der Waals surface area (Å²) in [6, 6.07) is 9.30. The number of fused-ring (bicyclic) bond motifs is 1. The molecule has 2 aromatic rings. The highest BCUT2D eigenvalue weighted by Gasteiger charge is 2.51. The van der Waals surface area contributed by atoms with E-state index in [4.69, 9.17) is 9.31 Å². The molecule has 104 valence electrons. The van der Waals surface area contributed by atoms with Crippen LogP contribution >= 0.6 is 0 Å². The molecule has 0 bridgehead atoms. The van der Waals surface area contributed by atoms with E-state index in [-0.39, 0.29) is 11.2 Å². The summed E-state index contributed by atoms with van der Waals surface area (Å²) in [6.07, 6.45) is 1.50. The minimum atomic E-state index is -0.398. The molecule has 0 radical (unpaired) electrons. The second-order valence-corrected chi connectivity index (χ2v) is 6.24. The molecule has 0 amide bonds. The van der Waals surface area contributed by atoms with Crippen LogP contribution in [-0.2, 0) is 9.31 Å². The molecule has 0 N–H and O–H groups in total. The molecule has 0 spiro atoms. The third-order valence-electron chi connectivity index (χ3n) is 4.31. The van der Waals surface area contributed by atoms with Gasteiger partial charge in [0.1, 0.15) is 0 Å². The summed E-state index contributed by atoms with van der Waals surface area (Å²) in [4.78, 5) is 0. The number of rotatable bonds is 1. The lowest BCUT2D eigenvalue weighted by Crippen LogP contribution is -2.41. The molecule has 0 aliphatic carbocycles. The Morgan fingerprint density at radius 1 is 1.05 bits per heavy atom. The standard InChI is InChI=1S/C15H18BNO3/c1-14(2)15(3,4)20-16(19-14)12-7-8-13-11(10-12)6-5-9-17(13)18/h5-10H,1-4H3. The molecular formula is C15H18BNO3. The Bertz CT molecular complexity index is 653. The van der Waals surface area contributed by atoms with Crippen molar-refractivity contribution in [2.45, 2.75) is 38.9 Å². The maximum Gasteiger partial charge on any atom is 0.494 e. The Labute approximate surface area is 119 Å². The predicted octanol–water partition coefficient (Wildman–Crippen LogP) is 1.77. The Morgan fingerprint density at radius 2 is 1.70 bits per heavy atom. The summed E-state index contributed by atoms with van der Waals surface area (Å²) in [5.74, 6) is 0. The smallest absolute Gasteiger partial charge is 0.494 e. The van der Waals surface area contributed by atoms with Crippen molar-refractivity contribution in [3.63, 3.8) is 0 Å². The average molecular weight is 271 g/mol. The Balaban J connectivity index is 2.00. The van der Waals surface area contributed by atoms with Gasteiger partial charge in [-0.15, -0.1) is 0 Å². The fourth-order valence-corrected chi connectivity index (χ4v) is 2.34. The minimum absolute atomic E-state index is 0.359. The lowest BCUT2D eigenvalue weighted by atomic mass is 9.78. The van der Waals surface area contributed by atoms with Crippen molar-refractivity contribution in [3.05, 3.63) is 41.7 Å². The molecule has 4 nitrogen and oxygen atoms in total. The highest BCUT2D eigenvalue weighted by Crippen LogP contribution is 2.36. The largest absolute Gasteiger partial charge is 0.618 e. The molecule has 5 heteroatoms. The van der Waals surface area contributed by atoms with Crippen LogP contribution < -0.4 is 10.2 Å². The number of aromatic nitrogens is 1. The topological polar surface area (TPSA) is 45.4 Å². The van der Waals surface area contributed by atoms with E-state index in [1.807, 2.05) is 52.0 Å². The van der Waals surface area contributed by atoms with Gasteiger partial charge < -0.3 is 14.5 Å². The zero-order chi connectivity index (χ0) is 14.5. The molecule has 20 heavy (non-hydrogen) atoms. The van der Waals surface area contributed by atoms with E-state index in [9.17, 15) is 5.21 Å². The minimum Gasteiger partial charge on any atom is -0.618 e. The van der Waals surface area contributed by atoms with Crippen LogP contribution in [0.3, 0.4) is 0 Å². The van der Waals surface area contributed by atoms with Crippen LogP contribution in [-0.4, -0.2) is 18.3 Å². The molecule has 0 unspecified atom stereocenters. The average Bonchev–Trinajstić information content (AvgIpc) is 2.58. The third-order valence-corrected chi connectivity index (χ3v) is 4.31. The van der Waals surface area contributed by atoms with E-state index in [1.165, 1.54) is 6.20 Å². The molecule has 1 fully saturated rings. The van der Waals surface area contributed by atoms with Crippen LogP contribution in [0.1, 0.15) is 27.7 Å². The first-order valence-corrected chi connectivity index (χ1v) is 6.78. The lowest BCUT2D eigenvalue weighted by Gasteiger charge is -2.32. The molecule has 1 aliphatic heterocycles. The SMILES string of the molecule is CC1(C)OB(c2ccc3c(ccc[n+]3[O-])c2)OC1(C)C. The van der Waals surface area contributed by atoms with E-state index in [0.717, 1.165) is 15.6 Å². The number of pyridine rings is 1. The van der Waals surface area contributed by atoms with Crippen LogP contribution in [0, 0.1) is 5.21 Å². The molecule has 1 aromatic heterocycles. The Hall–Kier alpha value is -1.59. The van der Waals surface area contributed by atoms with Gasteiger partial charge in [-0.05, 0) is 45.3 Å². The Morgan fingerprint density at radius 3 is 2.35 bits per heavy atom. The summed E-state index contributed by atoms with van der Waals surface area (Å²) in [7, 11) is -0.398. The second kappa shape index (κ2) is 4.20. The summed E-state index contributed by atoms with van der Waals surface area (Å²) < 4.78 is 12.9. The van der Waals surface area contributed by atoms with Crippen LogP contribution in [0.15, 0.2) is 36.5 Å². The van der Waals surface area contributed by atoms with E-state index < -0.39 is 7.12 Å². The highest BCUT2D eigenvalue weighted by molar-refractivity contribution is 6.62. The number of nitrogens with zero attached hydrogens (tertiary/aromatic N) is 1. The summed E-state index contributed by atoms with van der Waals surface area (Å²) in [6.45, 7) is 8.11. The monoisotopic (exact) mass is 271 g/mol. The van der Waals surface area contributed by atoms with Gasteiger partial charge in [-0.3, -0.25) is 0 Å². The van der Waals surface area contributed by atoms with Crippen LogP contribution in [0.4, 0.5) is 0 Å². The van der Waals surface area contributed by atoms with Gasteiger partial charge in [0, 0.05) is 17.5 Å². The molecule has 1 aromatic carbocycles. The summed E-state index contributed by atoms with van der Waals surface area (Å²) in [5.41, 5.74) is 0.860. The van der Waals surface area contributed by atoms with Gasteiger partial charge in [-0.2, -0.15) is 4.73 Å². The van der Waals surface area contributed by atoms with Crippen molar-refractivity contribution in [1.82, 2.24) is 0 Å². The van der Waals surface area contributed by atoms with Gasteiger partial charge in [0.25, 0.3) is 0 Å².